The van der Waals surface area contributed by atoms with Crippen LogP contribution < -0.4 is 0 Å². The Morgan fingerprint density at radius 2 is 1.86 bits per heavy atom. The van der Waals surface area contributed by atoms with Crippen molar-refractivity contribution in [3.05, 3.63) is 35.9 Å². The maximum atomic E-state index is 12.4. The minimum absolute atomic E-state index is 0.0475. The lowest BCUT2D eigenvalue weighted by Crippen LogP contribution is -2.41. The second-order valence-corrected chi connectivity index (χ2v) is 6.29. The van der Waals surface area contributed by atoms with E-state index in [0.29, 0.717) is 18.7 Å². The molecule has 1 unspecified atom stereocenters. The van der Waals surface area contributed by atoms with E-state index in [1.807, 2.05) is 30.3 Å². The molecule has 0 aliphatic heterocycles. The third kappa shape index (κ3) is 6.76. The molecule has 120 valence electrons. The minimum atomic E-state index is -1.03. The molecule has 0 saturated heterocycles. The Hall–Kier alpha value is -1.82. The first-order valence-electron chi connectivity index (χ1n) is 7.08. The van der Waals surface area contributed by atoms with E-state index in [1.165, 1.54) is 11.8 Å². The number of nitrogens with zero attached hydrogens (tertiary/aromatic N) is 1. The van der Waals surface area contributed by atoms with E-state index < -0.39 is 5.97 Å². The number of carboxylic acid groups (broad SMARTS) is 1. The van der Waals surface area contributed by atoms with Gasteiger partial charge in [0.25, 0.3) is 0 Å². The fourth-order valence-corrected chi connectivity index (χ4v) is 2.59. The molecule has 0 radical (unpaired) electrons. The first-order chi connectivity index (χ1) is 10.4. The van der Waals surface area contributed by atoms with Crippen molar-refractivity contribution < 1.29 is 19.5 Å². The Morgan fingerprint density at radius 1 is 1.23 bits per heavy atom. The van der Waals surface area contributed by atoms with Crippen LogP contribution in [0.15, 0.2) is 30.3 Å². The van der Waals surface area contributed by atoms with Gasteiger partial charge in [0, 0.05) is 25.1 Å². The first-order valence-corrected chi connectivity index (χ1v) is 8.06. The Balaban J connectivity index is 2.64. The first kappa shape index (κ1) is 18.2. The number of benzene rings is 1. The second-order valence-electron chi connectivity index (χ2n) is 5.09. The molecule has 6 heteroatoms. The Kier molecular flexibility index (Phi) is 7.66. The number of carbonyl (C=O) groups excluding carboxylic acids is 2. The standard InChI is InChI=1S/C16H21NO4S/c1-12(11-22-13(2)18)16(21)17(10-15(19)20)9-8-14-6-4-3-5-7-14/h3-7,12H,8-11H2,1-2H3,(H,19,20). The van der Waals surface area contributed by atoms with Crippen LogP contribution in [-0.2, 0) is 20.8 Å². The smallest absolute Gasteiger partial charge is 0.323 e. The van der Waals surface area contributed by atoms with E-state index in [2.05, 4.69) is 0 Å². The number of rotatable bonds is 8. The van der Waals surface area contributed by atoms with Crippen molar-refractivity contribution in [3.63, 3.8) is 0 Å². The summed E-state index contributed by atoms with van der Waals surface area (Å²) >= 11 is 1.08. The topological polar surface area (TPSA) is 74.7 Å². The van der Waals surface area contributed by atoms with Gasteiger partial charge in [-0.1, -0.05) is 49.0 Å². The van der Waals surface area contributed by atoms with Crippen molar-refractivity contribution in [2.75, 3.05) is 18.8 Å². The molecule has 1 N–H and O–H groups in total. The summed E-state index contributed by atoms with van der Waals surface area (Å²) in [5.41, 5.74) is 1.05. The van der Waals surface area contributed by atoms with Crippen molar-refractivity contribution in [1.82, 2.24) is 4.90 Å². The number of carboxylic acids is 1. The zero-order chi connectivity index (χ0) is 16.5. The van der Waals surface area contributed by atoms with Gasteiger partial charge in [-0.2, -0.15) is 0 Å². The average molecular weight is 323 g/mol. The van der Waals surface area contributed by atoms with Gasteiger partial charge in [-0.3, -0.25) is 14.4 Å². The molecule has 0 heterocycles. The number of carbonyl (C=O) groups is 3. The molecule has 0 fully saturated rings. The van der Waals surface area contributed by atoms with Crippen LogP contribution in [0.4, 0.5) is 0 Å². The van der Waals surface area contributed by atoms with E-state index in [-0.39, 0.29) is 23.5 Å². The normalized spacial score (nSPS) is 11.7. The van der Waals surface area contributed by atoms with Crippen LogP contribution in [0.3, 0.4) is 0 Å². The van der Waals surface area contributed by atoms with Crippen LogP contribution in [0.5, 0.6) is 0 Å². The number of amides is 1. The predicted molar refractivity (Wildman–Crippen MR) is 86.7 cm³/mol. The van der Waals surface area contributed by atoms with Crippen LogP contribution in [0.1, 0.15) is 19.4 Å². The maximum Gasteiger partial charge on any atom is 0.323 e. The fraction of sp³-hybridized carbons (Fsp3) is 0.438. The van der Waals surface area contributed by atoms with Gasteiger partial charge in [0.1, 0.15) is 6.54 Å². The van der Waals surface area contributed by atoms with Crippen molar-refractivity contribution in [2.24, 2.45) is 5.92 Å². The summed E-state index contributed by atoms with van der Waals surface area (Å²) in [4.78, 5) is 35.6. The van der Waals surface area contributed by atoms with Crippen LogP contribution in [0.25, 0.3) is 0 Å². The SMILES string of the molecule is CC(=O)SCC(C)C(=O)N(CCc1ccccc1)CC(=O)O. The van der Waals surface area contributed by atoms with E-state index in [1.54, 1.807) is 6.92 Å². The van der Waals surface area contributed by atoms with Crippen molar-refractivity contribution >= 4 is 28.8 Å². The average Bonchev–Trinajstić information content (AvgIpc) is 2.49. The minimum Gasteiger partial charge on any atom is -0.480 e. The van der Waals surface area contributed by atoms with Crippen LogP contribution in [0.2, 0.25) is 0 Å². The zero-order valence-corrected chi connectivity index (χ0v) is 13.6. The Bertz CT molecular complexity index is 518. The third-order valence-corrected chi connectivity index (χ3v) is 4.18. The van der Waals surface area contributed by atoms with Gasteiger partial charge in [0.05, 0.1) is 0 Å². The molecular formula is C16H21NO4S. The largest absolute Gasteiger partial charge is 0.480 e. The summed E-state index contributed by atoms with van der Waals surface area (Å²) < 4.78 is 0. The summed E-state index contributed by atoms with van der Waals surface area (Å²) in [6, 6.07) is 9.61. The van der Waals surface area contributed by atoms with Gasteiger partial charge >= 0.3 is 5.97 Å². The second kappa shape index (κ2) is 9.25. The van der Waals surface area contributed by atoms with E-state index in [4.69, 9.17) is 5.11 Å². The highest BCUT2D eigenvalue weighted by Crippen LogP contribution is 2.13. The van der Waals surface area contributed by atoms with Crippen molar-refractivity contribution in [3.8, 4) is 0 Å². The van der Waals surface area contributed by atoms with Gasteiger partial charge < -0.3 is 10.0 Å². The van der Waals surface area contributed by atoms with Crippen molar-refractivity contribution in [1.29, 1.82) is 0 Å². The molecule has 0 spiro atoms. The summed E-state index contributed by atoms with van der Waals surface area (Å²) in [6.45, 7) is 3.20. The zero-order valence-electron chi connectivity index (χ0n) is 12.8. The van der Waals surface area contributed by atoms with Crippen LogP contribution in [0, 0.1) is 5.92 Å². The molecule has 0 aliphatic rings. The number of hydrogen-bond acceptors (Lipinski definition) is 4. The van der Waals surface area contributed by atoms with E-state index >= 15 is 0 Å². The Morgan fingerprint density at radius 3 is 2.41 bits per heavy atom. The number of thioether (sulfide) groups is 1. The summed E-state index contributed by atoms with van der Waals surface area (Å²) in [7, 11) is 0. The summed E-state index contributed by atoms with van der Waals surface area (Å²) in [5.74, 6) is -1.28. The summed E-state index contributed by atoms with van der Waals surface area (Å²) in [5, 5.41) is 8.93. The van der Waals surface area contributed by atoms with Crippen LogP contribution in [-0.4, -0.2) is 45.8 Å². The highest BCUT2D eigenvalue weighted by molar-refractivity contribution is 8.13. The van der Waals surface area contributed by atoms with Crippen LogP contribution >= 0.6 is 11.8 Å². The molecule has 5 nitrogen and oxygen atoms in total. The lowest BCUT2D eigenvalue weighted by molar-refractivity contribution is -0.145. The molecule has 1 rings (SSSR count). The molecule has 0 bridgehead atoms. The third-order valence-electron chi connectivity index (χ3n) is 3.11. The van der Waals surface area contributed by atoms with Gasteiger partial charge in [0.15, 0.2) is 5.12 Å². The predicted octanol–water partition coefficient (Wildman–Crippen LogP) is 2.06. The molecule has 1 amide bonds. The molecule has 0 aromatic heterocycles. The van der Waals surface area contributed by atoms with Gasteiger partial charge in [-0.25, -0.2) is 0 Å². The molecule has 22 heavy (non-hydrogen) atoms. The lowest BCUT2D eigenvalue weighted by atomic mass is 10.1. The fourth-order valence-electron chi connectivity index (χ4n) is 1.96. The highest BCUT2D eigenvalue weighted by Gasteiger charge is 2.22. The Labute approximate surface area is 134 Å². The van der Waals surface area contributed by atoms with E-state index in [0.717, 1.165) is 17.3 Å². The molecule has 0 saturated carbocycles. The molecule has 0 aliphatic carbocycles. The molecular weight excluding hydrogens is 302 g/mol. The highest BCUT2D eigenvalue weighted by atomic mass is 32.2. The molecule has 1 aromatic carbocycles. The molecule has 1 atom stereocenters. The number of hydrogen-bond donors (Lipinski definition) is 1. The number of aliphatic carboxylic acids is 1. The quantitative estimate of drug-likeness (QED) is 0.792. The lowest BCUT2D eigenvalue weighted by Gasteiger charge is -2.24. The maximum absolute atomic E-state index is 12.4. The van der Waals surface area contributed by atoms with Crippen molar-refractivity contribution in [2.45, 2.75) is 20.3 Å². The van der Waals surface area contributed by atoms with Gasteiger partial charge in [-0.15, -0.1) is 0 Å². The van der Waals surface area contributed by atoms with E-state index in [9.17, 15) is 14.4 Å². The summed E-state index contributed by atoms with van der Waals surface area (Å²) in [6.07, 6.45) is 0.604. The van der Waals surface area contributed by atoms with Gasteiger partial charge in [0.2, 0.25) is 5.91 Å². The van der Waals surface area contributed by atoms with Gasteiger partial charge in [-0.05, 0) is 12.0 Å². The molecule has 1 aromatic rings. The monoisotopic (exact) mass is 323 g/mol.